The molecule has 7 heteroatoms. The lowest BCUT2D eigenvalue weighted by molar-refractivity contribution is -0.142. The van der Waals surface area contributed by atoms with Crippen molar-refractivity contribution in [3.05, 3.63) is 0 Å². The van der Waals surface area contributed by atoms with Gasteiger partial charge in [0.25, 0.3) is 0 Å². The molecular weight excluding hydrogens is 252 g/mol. The zero-order valence-corrected chi connectivity index (χ0v) is 10.9. The summed E-state index contributed by atoms with van der Waals surface area (Å²) in [6.45, 7) is 0.283. The van der Waals surface area contributed by atoms with Crippen molar-refractivity contribution in [3.63, 3.8) is 0 Å². The summed E-state index contributed by atoms with van der Waals surface area (Å²) in [6, 6.07) is -0.376. The van der Waals surface area contributed by atoms with Gasteiger partial charge in [0, 0.05) is 19.6 Å². The average Bonchev–Trinajstić information content (AvgIpc) is 2.84. The average molecular weight is 274 g/mol. The molecule has 0 bridgehead atoms. The Kier molecular flexibility index (Phi) is 6.58. The first-order chi connectivity index (χ1) is 9.10. The highest BCUT2D eigenvalue weighted by molar-refractivity contribution is 5.74. The smallest absolute Gasteiger partial charge is 0.317 e. The van der Waals surface area contributed by atoms with Crippen LogP contribution in [0.1, 0.15) is 19.3 Å². The SMILES string of the molecule is O=C(O)C1CCCC1CNC(=O)N(CCO)CCO. The van der Waals surface area contributed by atoms with Gasteiger partial charge < -0.3 is 25.5 Å². The standard InChI is InChI=1S/C12H22N2O5/c15-6-4-14(5-7-16)12(19)13-8-9-2-1-3-10(9)11(17)18/h9-10,15-16H,1-8H2,(H,13,19)(H,17,18). The van der Waals surface area contributed by atoms with Crippen LogP contribution in [0.4, 0.5) is 4.79 Å². The van der Waals surface area contributed by atoms with Crippen molar-refractivity contribution in [2.75, 3.05) is 32.8 Å². The number of carboxylic acids is 1. The Balaban J connectivity index is 2.41. The molecule has 0 aromatic carbocycles. The Morgan fingerprint density at radius 3 is 2.32 bits per heavy atom. The van der Waals surface area contributed by atoms with E-state index in [9.17, 15) is 9.59 Å². The van der Waals surface area contributed by atoms with Gasteiger partial charge in [-0.1, -0.05) is 6.42 Å². The van der Waals surface area contributed by atoms with E-state index in [0.717, 1.165) is 12.8 Å². The van der Waals surface area contributed by atoms with Crippen LogP contribution in [-0.2, 0) is 4.79 Å². The van der Waals surface area contributed by atoms with Gasteiger partial charge in [0.05, 0.1) is 19.1 Å². The normalized spacial score (nSPS) is 22.2. The molecular formula is C12H22N2O5. The molecule has 7 nitrogen and oxygen atoms in total. The maximum atomic E-state index is 11.8. The van der Waals surface area contributed by atoms with Crippen LogP contribution in [0.3, 0.4) is 0 Å². The molecule has 0 spiro atoms. The summed E-state index contributed by atoms with van der Waals surface area (Å²) in [5.74, 6) is -1.23. The van der Waals surface area contributed by atoms with Gasteiger partial charge in [0.2, 0.25) is 0 Å². The van der Waals surface area contributed by atoms with Crippen LogP contribution in [-0.4, -0.2) is 65.1 Å². The number of aliphatic hydroxyl groups excluding tert-OH is 2. The summed E-state index contributed by atoms with van der Waals surface area (Å²) in [5, 5.41) is 29.4. The molecule has 0 radical (unpaired) electrons. The summed E-state index contributed by atoms with van der Waals surface area (Å²) < 4.78 is 0. The van der Waals surface area contributed by atoms with E-state index in [1.165, 1.54) is 4.90 Å². The Labute approximate surface area is 112 Å². The third kappa shape index (κ3) is 4.68. The molecule has 0 saturated heterocycles. The van der Waals surface area contributed by atoms with Crippen LogP contribution in [0.2, 0.25) is 0 Å². The van der Waals surface area contributed by atoms with Gasteiger partial charge in [-0.25, -0.2) is 4.79 Å². The molecule has 1 saturated carbocycles. The van der Waals surface area contributed by atoms with E-state index in [1.54, 1.807) is 0 Å². The van der Waals surface area contributed by atoms with Crippen molar-refractivity contribution in [2.24, 2.45) is 11.8 Å². The van der Waals surface area contributed by atoms with Crippen molar-refractivity contribution in [1.82, 2.24) is 10.2 Å². The zero-order chi connectivity index (χ0) is 14.3. The molecule has 19 heavy (non-hydrogen) atoms. The number of hydrogen-bond donors (Lipinski definition) is 4. The molecule has 2 atom stereocenters. The van der Waals surface area contributed by atoms with Crippen LogP contribution in [0.15, 0.2) is 0 Å². The van der Waals surface area contributed by atoms with Gasteiger partial charge >= 0.3 is 12.0 Å². The van der Waals surface area contributed by atoms with Crippen molar-refractivity contribution >= 4 is 12.0 Å². The van der Waals surface area contributed by atoms with Crippen LogP contribution >= 0.6 is 0 Å². The molecule has 1 rings (SSSR count). The molecule has 1 aliphatic rings. The summed E-state index contributed by atoms with van der Waals surface area (Å²) in [5.41, 5.74) is 0. The molecule has 1 aliphatic carbocycles. The van der Waals surface area contributed by atoms with Crippen molar-refractivity contribution in [2.45, 2.75) is 19.3 Å². The number of carbonyl (C=O) groups is 2. The molecule has 0 aromatic rings. The maximum absolute atomic E-state index is 11.8. The zero-order valence-electron chi connectivity index (χ0n) is 10.9. The van der Waals surface area contributed by atoms with Gasteiger partial charge in [-0.05, 0) is 18.8 Å². The van der Waals surface area contributed by atoms with Crippen LogP contribution < -0.4 is 5.32 Å². The third-order valence-electron chi connectivity index (χ3n) is 3.52. The summed E-state index contributed by atoms with van der Waals surface area (Å²) in [7, 11) is 0. The first kappa shape index (κ1) is 15.7. The molecule has 0 heterocycles. The van der Waals surface area contributed by atoms with Crippen molar-refractivity contribution < 1.29 is 24.9 Å². The van der Waals surface area contributed by atoms with Gasteiger partial charge in [0.15, 0.2) is 0 Å². The quantitative estimate of drug-likeness (QED) is 0.499. The minimum absolute atomic E-state index is 0.0356. The minimum Gasteiger partial charge on any atom is -0.481 e. The Morgan fingerprint density at radius 2 is 1.79 bits per heavy atom. The topological polar surface area (TPSA) is 110 Å². The Hall–Kier alpha value is -1.34. The molecule has 0 aliphatic heterocycles. The minimum atomic E-state index is -0.806. The molecule has 110 valence electrons. The van der Waals surface area contributed by atoms with E-state index in [4.69, 9.17) is 15.3 Å². The number of aliphatic hydroxyl groups is 2. The monoisotopic (exact) mass is 274 g/mol. The highest BCUT2D eigenvalue weighted by Crippen LogP contribution is 2.31. The number of carbonyl (C=O) groups excluding carboxylic acids is 1. The molecule has 2 amide bonds. The fourth-order valence-electron chi connectivity index (χ4n) is 2.49. The number of hydrogen-bond acceptors (Lipinski definition) is 4. The van der Waals surface area contributed by atoms with Crippen LogP contribution in [0.5, 0.6) is 0 Å². The lowest BCUT2D eigenvalue weighted by atomic mass is 9.96. The van der Waals surface area contributed by atoms with Crippen LogP contribution in [0.25, 0.3) is 0 Å². The fraction of sp³-hybridized carbons (Fsp3) is 0.833. The van der Waals surface area contributed by atoms with E-state index in [0.29, 0.717) is 13.0 Å². The van der Waals surface area contributed by atoms with E-state index in [-0.39, 0.29) is 44.2 Å². The van der Waals surface area contributed by atoms with Gasteiger partial charge in [0.1, 0.15) is 0 Å². The number of nitrogens with zero attached hydrogens (tertiary/aromatic N) is 1. The first-order valence-corrected chi connectivity index (χ1v) is 6.57. The number of urea groups is 1. The predicted octanol–water partition coefficient (Wildman–Crippen LogP) is -0.516. The Bertz CT molecular complexity index is 304. The van der Waals surface area contributed by atoms with Gasteiger partial charge in [-0.2, -0.15) is 0 Å². The molecule has 1 fully saturated rings. The number of amides is 2. The second kappa shape index (κ2) is 7.96. The van der Waals surface area contributed by atoms with E-state index < -0.39 is 5.97 Å². The molecule has 4 N–H and O–H groups in total. The lowest BCUT2D eigenvalue weighted by Crippen LogP contribution is -2.45. The maximum Gasteiger partial charge on any atom is 0.317 e. The second-order valence-electron chi connectivity index (χ2n) is 4.76. The number of nitrogens with one attached hydrogen (secondary N) is 1. The number of aliphatic carboxylic acids is 1. The first-order valence-electron chi connectivity index (χ1n) is 6.57. The lowest BCUT2D eigenvalue weighted by Gasteiger charge is -2.23. The third-order valence-corrected chi connectivity index (χ3v) is 3.52. The van der Waals surface area contributed by atoms with E-state index >= 15 is 0 Å². The highest BCUT2D eigenvalue weighted by Gasteiger charge is 2.33. The fourth-order valence-corrected chi connectivity index (χ4v) is 2.49. The Morgan fingerprint density at radius 1 is 1.16 bits per heavy atom. The number of carboxylic acid groups (broad SMARTS) is 1. The van der Waals surface area contributed by atoms with Gasteiger partial charge in [-0.3, -0.25) is 4.79 Å². The van der Waals surface area contributed by atoms with Crippen molar-refractivity contribution in [1.29, 1.82) is 0 Å². The largest absolute Gasteiger partial charge is 0.481 e. The predicted molar refractivity (Wildman–Crippen MR) is 67.6 cm³/mol. The van der Waals surface area contributed by atoms with Crippen LogP contribution in [0, 0.1) is 11.8 Å². The summed E-state index contributed by atoms with van der Waals surface area (Å²) in [6.07, 6.45) is 2.33. The summed E-state index contributed by atoms with van der Waals surface area (Å²) >= 11 is 0. The van der Waals surface area contributed by atoms with E-state index in [2.05, 4.69) is 5.32 Å². The van der Waals surface area contributed by atoms with Gasteiger partial charge in [-0.15, -0.1) is 0 Å². The van der Waals surface area contributed by atoms with E-state index in [1.807, 2.05) is 0 Å². The second-order valence-corrected chi connectivity index (χ2v) is 4.76. The summed E-state index contributed by atoms with van der Waals surface area (Å²) in [4.78, 5) is 24.1. The highest BCUT2D eigenvalue weighted by atomic mass is 16.4. The molecule has 2 unspecified atom stereocenters. The van der Waals surface area contributed by atoms with Crippen molar-refractivity contribution in [3.8, 4) is 0 Å². The number of rotatable bonds is 7. The molecule has 0 aromatic heterocycles.